The predicted octanol–water partition coefficient (Wildman–Crippen LogP) is 3.34. The summed E-state index contributed by atoms with van der Waals surface area (Å²) in [5, 5.41) is 5.95. The summed E-state index contributed by atoms with van der Waals surface area (Å²) < 4.78 is 12.0. The molecule has 224 valence electrons. The van der Waals surface area contributed by atoms with E-state index in [1.165, 1.54) is 19.3 Å². The molecule has 2 N–H and O–H groups in total. The number of urea groups is 1. The van der Waals surface area contributed by atoms with Gasteiger partial charge in [0.05, 0.1) is 18.9 Å². The van der Waals surface area contributed by atoms with E-state index in [4.69, 9.17) is 9.15 Å². The SMILES string of the molecule is CN(C(=O)NCCN1CCNC(=O)C1)[C@H]1CC[C@@]2(C)[C@H](CC[C@@H]3[C@@H]2CC[C@]2(C)[C@@H](c4ccc(=O)oc4)C[C@H]4O[C@]342)C1. The monoisotopic (exact) mass is 566 g/mol. The highest BCUT2D eigenvalue weighted by Crippen LogP contribution is 2.78. The molecule has 41 heavy (non-hydrogen) atoms. The number of carbonyl (C=O) groups is 2. The minimum Gasteiger partial charge on any atom is -0.431 e. The molecule has 7 rings (SSSR count). The van der Waals surface area contributed by atoms with Gasteiger partial charge in [-0.1, -0.05) is 13.8 Å². The highest BCUT2D eigenvalue weighted by Gasteiger charge is 2.80. The van der Waals surface area contributed by atoms with Gasteiger partial charge in [0, 0.05) is 50.7 Å². The Hall–Kier alpha value is -2.39. The van der Waals surface area contributed by atoms with Gasteiger partial charge in [-0.05, 0) is 92.1 Å². The van der Waals surface area contributed by atoms with Crippen molar-refractivity contribution in [2.24, 2.45) is 28.6 Å². The van der Waals surface area contributed by atoms with Gasteiger partial charge in [-0.2, -0.15) is 0 Å². The molecular formula is C32H46N4O5. The molecule has 0 radical (unpaired) electrons. The van der Waals surface area contributed by atoms with Crippen molar-refractivity contribution in [3.63, 3.8) is 0 Å². The number of nitrogens with one attached hydrogen (secondary N) is 2. The Kier molecular flexibility index (Phi) is 6.58. The topological polar surface area (TPSA) is 107 Å². The van der Waals surface area contributed by atoms with Crippen LogP contribution in [0, 0.1) is 28.6 Å². The van der Waals surface area contributed by atoms with Crippen molar-refractivity contribution in [3.05, 3.63) is 34.4 Å². The van der Waals surface area contributed by atoms with Crippen LogP contribution in [0.3, 0.4) is 0 Å². The van der Waals surface area contributed by atoms with Gasteiger partial charge in [0.25, 0.3) is 0 Å². The number of hydrogen-bond donors (Lipinski definition) is 2. The minimum absolute atomic E-state index is 0.00374. The molecule has 1 aromatic heterocycles. The number of piperazine rings is 1. The lowest BCUT2D eigenvalue weighted by molar-refractivity contribution is -0.132. The van der Waals surface area contributed by atoms with Crippen LogP contribution < -0.4 is 16.3 Å². The minimum atomic E-state index is -0.283. The normalized spacial score (nSPS) is 43.1. The Labute approximate surface area is 242 Å². The molecule has 1 aromatic rings. The van der Waals surface area contributed by atoms with E-state index >= 15 is 0 Å². The van der Waals surface area contributed by atoms with Crippen molar-refractivity contribution in [2.75, 3.05) is 39.8 Å². The van der Waals surface area contributed by atoms with Gasteiger partial charge >= 0.3 is 11.7 Å². The Morgan fingerprint density at radius 3 is 2.76 bits per heavy atom. The number of hydrogen-bond acceptors (Lipinski definition) is 6. The largest absolute Gasteiger partial charge is 0.431 e. The molecule has 9 atom stereocenters. The molecule has 3 amide bonds. The maximum Gasteiger partial charge on any atom is 0.335 e. The maximum absolute atomic E-state index is 13.1. The van der Waals surface area contributed by atoms with Gasteiger partial charge in [-0.25, -0.2) is 9.59 Å². The molecule has 4 aliphatic carbocycles. The highest BCUT2D eigenvalue weighted by molar-refractivity contribution is 5.78. The molecule has 4 saturated carbocycles. The van der Waals surface area contributed by atoms with E-state index < -0.39 is 0 Å². The lowest BCUT2D eigenvalue weighted by atomic mass is 9.44. The van der Waals surface area contributed by atoms with Gasteiger partial charge in [0.15, 0.2) is 0 Å². The first kappa shape index (κ1) is 27.4. The molecule has 6 fully saturated rings. The van der Waals surface area contributed by atoms with Crippen LogP contribution in [0.1, 0.15) is 76.7 Å². The average Bonchev–Trinajstić information content (AvgIpc) is 3.62. The fourth-order valence-electron chi connectivity index (χ4n) is 10.6. The Morgan fingerprint density at radius 2 is 1.98 bits per heavy atom. The molecule has 3 heterocycles. The summed E-state index contributed by atoms with van der Waals surface area (Å²) in [6.45, 7) is 8.18. The smallest absolute Gasteiger partial charge is 0.335 e. The third kappa shape index (κ3) is 4.20. The van der Waals surface area contributed by atoms with Crippen LogP contribution in [0.2, 0.25) is 0 Å². The summed E-state index contributed by atoms with van der Waals surface area (Å²) in [7, 11) is 1.96. The van der Waals surface area contributed by atoms with Crippen molar-refractivity contribution in [1.82, 2.24) is 20.4 Å². The van der Waals surface area contributed by atoms with Crippen LogP contribution in [0.25, 0.3) is 0 Å². The first-order valence-corrected chi connectivity index (χ1v) is 15.9. The van der Waals surface area contributed by atoms with Crippen molar-refractivity contribution < 1.29 is 18.7 Å². The van der Waals surface area contributed by atoms with Crippen LogP contribution in [-0.4, -0.2) is 79.3 Å². The van der Waals surface area contributed by atoms with Crippen LogP contribution in [0.5, 0.6) is 0 Å². The number of ether oxygens (including phenoxy) is 1. The van der Waals surface area contributed by atoms with Crippen molar-refractivity contribution in [2.45, 2.75) is 88.9 Å². The fourth-order valence-corrected chi connectivity index (χ4v) is 10.6. The molecule has 2 aliphatic heterocycles. The molecule has 2 saturated heterocycles. The molecular weight excluding hydrogens is 520 g/mol. The van der Waals surface area contributed by atoms with Crippen LogP contribution in [0.4, 0.5) is 4.79 Å². The van der Waals surface area contributed by atoms with E-state index in [-0.39, 0.29) is 40.0 Å². The van der Waals surface area contributed by atoms with E-state index in [1.807, 2.05) is 18.0 Å². The third-order valence-corrected chi connectivity index (χ3v) is 12.9. The zero-order chi connectivity index (χ0) is 28.6. The van der Waals surface area contributed by atoms with Crippen LogP contribution in [0.15, 0.2) is 27.6 Å². The Balaban J connectivity index is 0.992. The fraction of sp³-hybridized carbons (Fsp3) is 0.781. The number of amides is 3. The standard InChI is InChI=1S/C32H46N4O5/c1-30-10-8-22(35(3)29(39)34-13-15-36-14-12-33-27(37)18-36)16-21(30)5-6-24-23(30)9-11-31(2)25(17-26-32(24,31)41-26)20-4-7-28(38)40-19-20/h4,7,19,21-26H,5-6,8-18H2,1-3H3,(H,33,37)(H,34,39)/t21-,22+,23+,24-,25-,26-,30+,31-,32-/m1/s1. The van der Waals surface area contributed by atoms with Crippen molar-refractivity contribution >= 4 is 11.9 Å². The van der Waals surface area contributed by atoms with E-state index in [0.717, 1.165) is 44.2 Å². The first-order valence-electron chi connectivity index (χ1n) is 15.9. The van der Waals surface area contributed by atoms with Gasteiger partial charge in [0.2, 0.25) is 5.91 Å². The molecule has 0 bridgehead atoms. The average molecular weight is 567 g/mol. The van der Waals surface area contributed by atoms with Gasteiger partial charge in [-0.15, -0.1) is 0 Å². The Morgan fingerprint density at radius 1 is 1.12 bits per heavy atom. The van der Waals surface area contributed by atoms with Gasteiger partial charge in [-0.3, -0.25) is 9.69 Å². The summed E-state index contributed by atoms with van der Waals surface area (Å²) in [6, 6.07) is 3.82. The maximum atomic E-state index is 13.1. The second-order valence-electron chi connectivity index (χ2n) is 14.4. The molecule has 1 spiro atoms. The summed E-state index contributed by atoms with van der Waals surface area (Å²) in [5.74, 6) is 2.32. The van der Waals surface area contributed by atoms with Crippen molar-refractivity contribution in [1.29, 1.82) is 0 Å². The van der Waals surface area contributed by atoms with Gasteiger partial charge < -0.3 is 24.7 Å². The lowest BCUT2D eigenvalue weighted by Gasteiger charge is -2.61. The summed E-state index contributed by atoms with van der Waals surface area (Å²) in [6.07, 6.45) is 11.1. The van der Waals surface area contributed by atoms with Crippen molar-refractivity contribution in [3.8, 4) is 0 Å². The quantitative estimate of drug-likeness (QED) is 0.530. The number of rotatable bonds is 5. The summed E-state index contributed by atoms with van der Waals surface area (Å²) in [4.78, 5) is 40.3. The molecule has 0 aromatic carbocycles. The first-order chi connectivity index (χ1) is 19.7. The Bertz CT molecular complexity index is 1250. The number of fused-ring (bicyclic) bond motifs is 3. The summed E-state index contributed by atoms with van der Waals surface area (Å²) >= 11 is 0. The van der Waals surface area contributed by atoms with Crippen LogP contribution in [-0.2, 0) is 9.53 Å². The molecule has 9 heteroatoms. The van der Waals surface area contributed by atoms with Gasteiger partial charge in [0.1, 0.15) is 5.60 Å². The zero-order valence-corrected chi connectivity index (χ0v) is 24.8. The number of nitrogens with zero attached hydrogens (tertiary/aromatic N) is 2. The molecule has 0 unspecified atom stereocenters. The lowest BCUT2D eigenvalue weighted by Crippen LogP contribution is -2.59. The molecule has 6 aliphatic rings. The number of epoxide rings is 1. The van der Waals surface area contributed by atoms with E-state index in [0.29, 0.717) is 56.0 Å². The zero-order valence-electron chi connectivity index (χ0n) is 24.8. The van der Waals surface area contributed by atoms with Crippen LogP contribution >= 0.6 is 0 Å². The number of carbonyl (C=O) groups excluding carboxylic acids is 2. The predicted molar refractivity (Wildman–Crippen MR) is 153 cm³/mol. The second kappa shape index (κ2) is 9.83. The van der Waals surface area contributed by atoms with E-state index in [2.05, 4.69) is 29.4 Å². The highest BCUT2D eigenvalue weighted by atomic mass is 16.6. The second-order valence-corrected chi connectivity index (χ2v) is 14.4. The van der Waals surface area contributed by atoms with E-state index in [1.54, 1.807) is 12.3 Å². The van der Waals surface area contributed by atoms with E-state index in [9.17, 15) is 14.4 Å². The third-order valence-electron chi connectivity index (χ3n) is 12.9. The molecule has 9 nitrogen and oxygen atoms in total. The summed E-state index contributed by atoms with van der Waals surface area (Å²) in [5.41, 5.74) is 1.21.